The van der Waals surface area contributed by atoms with Crippen molar-refractivity contribution in [2.45, 2.75) is 85.5 Å². The maximum Gasteiger partial charge on any atom is 0.279 e. The summed E-state index contributed by atoms with van der Waals surface area (Å²) in [6.07, 6.45) is 10.9. The topological polar surface area (TPSA) is 46.4 Å². The van der Waals surface area contributed by atoms with Crippen LogP contribution in [0.25, 0.3) is 10.9 Å². The van der Waals surface area contributed by atoms with Crippen molar-refractivity contribution in [1.29, 1.82) is 0 Å². The molecule has 1 aromatic heterocycles. The van der Waals surface area contributed by atoms with Crippen LogP contribution >= 0.6 is 0 Å². The van der Waals surface area contributed by atoms with Gasteiger partial charge in [-0.2, -0.15) is 0 Å². The van der Waals surface area contributed by atoms with Gasteiger partial charge in [-0.3, -0.25) is 9.78 Å². The van der Waals surface area contributed by atoms with Crippen LogP contribution in [-0.2, 0) is 11.2 Å². The normalized spacial score (nSPS) is 11.4. The molecule has 2 rings (SSSR count). The maximum atomic E-state index is 13.0. The molecule has 0 unspecified atom stereocenters. The number of aryl methyl sites for hydroxylation is 1. The number of nitrogens with one attached hydrogen (secondary N) is 2. The van der Waals surface area contributed by atoms with Crippen LogP contribution in [0.3, 0.4) is 0 Å². The number of pyridine rings is 1. The molecule has 1 amide bonds. The van der Waals surface area contributed by atoms with Crippen molar-refractivity contribution in [3.8, 4) is 0 Å². The van der Waals surface area contributed by atoms with E-state index in [1.165, 1.54) is 56.3 Å². The van der Waals surface area contributed by atoms with Crippen LogP contribution in [0.5, 0.6) is 0 Å². The standard InChI is InChI=1S/C26H41N3O/c1-5-8-10-14-18-29(19-15-11-9-6-2)20-25(30)28-26-21(4)23(7-3)27-24-17-13-12-16-22(24)26/h12-13,16-17H,5-11,14-15,18-20H2,1-4H3,(H,27,28,30)/p+1. The van der Waals surface area contributed by atoms with E-state index in [4.69, 9.17) is 4.98 Å². The fourth-order valence-electron chi connectivity index (χ4n) is 4.18. The van der Waals surface area contributed by atoms with Gasteiger partial charge in [0.15, 0.2) is 6.54 Å². The zero-order valence-corrected chi connectivity index (χ0v) is 19.7. The quantitative estimate of drug-likeness (QED) is 0.425. The molecule has 0 saturated carbocycles. The van der Waals surface area contributed by atoms with Crippen LogP contribution < -0.4 is 10.2 Å². The summed E-state index contributed by atoms with van der Waals surface area (Å²) in [4.78, 5) is 19.2. The number of benzene rings is 1. The van der Waals surface area contributed by atoms with Gasteiger partial charge in [-0.25, -0.2) is 0 Å². The molecule has 0 bridgehead atoms. The number of nitrogens with zero attached hydrogens (tertiary/aromatic N) is 1. The Morgan fingerprint density at radius 1 is 0.933 bits per heavy atom. The second kappa shape index (κ2) is 13.4. The lowest BCUT2D eigenvalue weighted by molar-refractivity contribution is -0.892. The fraction of sp³-hybridized carbons (Fsp3) is 0.615. The van der Waals surface area contributed by atoms with E-state index in [9.17, 15) is 4.79 Å². The molecule has 166 valence electrons. The highest BCUT2D eigenvalue weighted by molar-refractivity contribution is 6.02. The van der Waals surface area contributed by atoms with Crippen LogP contribution in [0.1, 0.15) is 83.4 Å². The Morgan fingerprint density at radius 2 is 1.57 bits per heavy atom. The summed E-state index contributed by atoms with van der Waals surface area (Å²) >= 11 is 0. The van der Waals surface area contributed by atoms with Crippen LogP contribution in [0, 0.1) is 6.92 Å². The average Bonchev–Trinajstić information content (AvgIpc) is 2.75. The minimum atomic E-state index is 0.123. The van der Waals surface area contributed by atoms with Crippen LogP contribution in [0.4, 0.5) is 5.69 Å². The van der Waals surface area contributed by atoms with Gasteiger partial charge in [0.25, 0.3) is 5.91 Å². The van der Waals surface area contributed by atoms with Crippen LogP contribution in [0.15, 0.2) is 24.3 Å². The fourth-order valence-corrected chi connectivity index (χ4v) is 4.18. The number of aromatic nitrogens is 1. The van der Waals surface area contributed by atoms with Crippen molar-refractivity contribution >= 4 is 22.5 Å². The summed E-state index contributed by atoms with van der Waals surface area (Å²) in [5.74, 6) is 0.123. The van der Waals surface area contributed by atoms with Crippen molar-refractivity contribution in [3.05, 3.63) is 35.5 Å². The molecule has 2 N–H and O–H groups in total. The molecule has 0 aliphatic carbocycles. The third-order valence-corrected chi connectivity index (χ3v) is 6.01. The Balaban J connectivity index is 2.08. The van der Waals surface area contributed by atoms with Gasteiger partial charge in [0.1, 0.15) is 0 Å². The molecular formula is C26H42N3O+. The number of hydrogen-bond acceptors (Lipinski definition) is 2. The lowest BCUT2D eigenvalue weighted by Gasteiger charge is -2.20. The minimum absolute atomic E-state index is 0.123. The van der Waals surface area contributed by atoms with Gasteiger partial charge in [-0.1, -0.05) is 64.7 Å². The Labute approximate surface area is 183 Å². The second-order valence-corrected chi connectivity index (χ2v) is 8.53. The SMILES string of the molecule is CCCCCC[NH+](CCCCCC)CC(=O)Nc1c(C)c(CC)nc2ccccc12. The Morgan fingerprint density at radius 3 is 2.17 bits per heavy atom. The highest BCUT2D eigenvalue weighted by atomic mass is 16.2. The molecule has 0 fully saturated rings. The predicted molar refractivity (Wildman–Crippen MR) is 128 cm³/mol. The maximum absolute atomic E-state index is 13.0. The van der Waals surface area contributed by atoms with E-state index in [1.807, 2.05) is 18.2 Å². The Bertz CT molecular complexity index is 775. The largest absolute Gasteiger partial charge is 0.327 e. The Kier molecular flexibility index (Phi) is 10.9. The van der Waals surface area contributed by atoms with Crippen molar-refractivity contribution < 1.29 is 9.69 Å². The van der Waals surface area contributed by atoms with E-state index >= 15 is 0 Å². The molecule has 0 spiro atoms. The number of anilines is 1. The number of unbranched alkanes of at least 4 members (excludes halogenated alkanes) is 6. The molecule has 4 heteroatoms. The van der Waals surface area contributed by atoms with Gasteiger partial charge in [0.05, 0.1) is 24.3 Å². The predicted octanol–water partition coefficient (Wildman–Crippen LogP) is 5.09. The third-order valence-electron chi connectivity index (χ3n) is 6.01. The number of rotatable bonds is 14. The molecule has 0 radical (unpaired) electrons. The van der Waals surface area contributed by atoms with Gasteiger partial charge in [-0.05, 0) is 50.7 Å². The summed E-state index contributed by atoms with van der Waals surface area (Å²) in [6, 6.07) is 8.12. The van der Waals surface area contributed by atoms with Crippen LogP contribution in [-0.4, -0.2) is 30.5 Å². The van der Waals surface area contributed by atoms with E-state index in [0.29, 0.717) is 6.54 Å². The van der Waals surface area contributed by atoms with Crippen molar-refractivity contribution in [1.82, 2.24) is 4.98 Å². The van der Waals surface area contributed by atoms with Gasteiger partial charge >= 0.3 is 0 Å². The number of fused-ring (bicyclic) bond motifs is 1. The summed E-state index contributed by atoms with van der Waals surface area (Å²) in [7, 11) is 0. The molecule has 1 aromatic carbocycles. The van der Waals surface area contributed by atoms with Crippen molar-refractivity contribution in [2.75, 3.05) is 25.0 Å². The average molecular weight is 413 g/mol. The molecule has 4 nitrogen and oxygen atoms in total. The van der Waals surface area contributed by atoms with E-state index in [2.05, 4.69) is 39.1 Å². The minimum Gasteiger partial charge on any atom is -0.327 e. The molecule has 0 aliphatic rings. The first-order chi connectivity index (χ1) is 14.6. The molecule has 1 heterocycles. The summed E-state index contributed by atoms with van der Waals surface area (Å²) < 4.78 is 0. The van der Waals surface area contributed by atoms with Crippen molar-refractivity contribution in [2.24, 2.45) is 0 Å². The summed E-state index contributed by atoms with van der Waals surface area (Å²) in [6.45, 7) is 11.4. The zero-order valence-electron chi connectivity index (χ0n) is 19.7. The molecule has 2 aromatic rings. The number of quaternary nitrogens is 1. The molecule has 0 saturated heterocycles. The number of amides is 1. The molecule has 30 heavy (non-hydrogen) atoms. The lowest BCUT2D eigenvalue weighted by Crippen LogP contribution is -3.13. The van der Waals surface area contributed by atoms with Gasteiger partial charge < -0.3 is 10.2 Å². The third kappa shape index (κ3) is 7.39. The highest BCUT2D eigenvalue weighted by Crippen LogP contribution is 2.28. The second-order valence-electron chi connectivity index (χ2n) is 8.53. The smallest absolute Gasteiger partial charge is 0.279 e. The first-order valence-corrected chi connectivity index (χ1v) is 12.1. The number of carbonyl (C=O) groups is 1. The highest BCUT2D eigenvalue weighted by Gasteiger charge is 2.17. The monoisotopic (exact) mass is 412 g/mol. The number of carbonyl (C=O) groups excluding carboxylic acids is 1. The van der Waals surface area contributed by atoms with E-state index < -0.39 is 0 Å². The van der Waals surface area contributed by atoms with E-state index in [0.717, 1.165) is 47.4 Å². The van der Waals surface area contributed by atoms with Gasteiger partial charge in [0.2, 0.25) is 0 Å². The van der Waals surface area contributed by atoms with Gasteiger partial charge in [-0.15, -0.1) is 0 Å². The summed E-state index contributed by atoms with van der Waals surface area (Å²) in [5, 5.41) is 4.30. The van der Waals surface area contributed by atoms with Crippen LogP contribution in [0.2, 0.25) is 0 Å². The first-order valence-electron chi connectivity index (χ1n) is 12.1. The molecule has 0 atom stereocenters. The van der Waals surface area contributed by atoms with E-state index in [-0.39, 0.29) is 5.91 Å². The number of para-hydroxylation sites is 1. The zero-order chi connectivity index (χ0) is 21.8. The van der Waals surface area contributed by atoms with Crippen molar-refractivity contribution in [3.63, 3.8) is 0 Å². The summed E-state index contributed by atoms with van der Waals surface area (Å²) in [5.41, 5.74) is 4.06. The number of hydrogen-bond donors (Lipinski definition) is 2. The molecular weight excluding hydrogens is 370 g/mol. The van der Waals surface area contributed by atoms with Gasteiger partial charge in [0, 0.05) is 11.1 Å². The first kappa shape index (κ1) is 24.3. The Hall–Kier alpha value is -1.94. The van der Waals surface area contributed by atoms with E-state index in [1.54, 1.807) is 0 Å². The lowest BCUT2D eigenvalue weighted by atomic mass is 10.1. The molecule has 0 aliphatic heterocycles.